The van der Waals surface area contributed by atoms with Gasteiger partial charge in [-0.05, 0) is 65.6 Å². The Labute approximate surface area is 215 Å². The van der Waals surface area contributed by atoms with Gasteiger partial charge in [-0.25, -0.2) is 4.68 Å². The molecule has 3 aromatic carbocycles. The summed E-state index contributed by atoms with van der Waals surface area (Å²) in [7, 11) is 0. The van der Waals surface area contributed by atoms with Crippen LogP contribution in [0.2, 0.25) is 0 Å². The van der Waals surface area contributed by atoms with Crippen LogP contribution in [0, 0.1) is 5.41 Å². The molecule has 2 N–H and O–H groups in total. The Balaban J connectivity index is 1.34. The average Bonchev–Trinajstić information content (AvgIpc) is 3.24. The smallest absolute Gasteiger partial charge is 0.416 e. The second-order valence-corrected chi connectivity index (χ2v) is 10.5. The van der Waals surface area contributed by atoms with Crippen LogP contribution in [0.15, 0.2) is 66.7 Å². The first-order valence-corrected chi connectivity index (χ1v) is 12.2. The van der Waals surface area contributed by atoms with Gasteiger partial charge < -0.3 is 10.4 Å². The summed E-state index contributed by atoms with van der Waals surface area (Å²) in [6.45, 7) is 0.131. The van der Waals surface area contributed by atoms with Gasteiger partial charge in [0.2, 0.25) is 0 Å². The summed E-state index contributed by atoms with van der Waals surface area (Å²) in [6.07, 6.45) is -2.45. The first-order valence-electron chi connectivity index (χ1n) is 12.2. The molecule has 38 heavy (non-hydrogen) atoms. The quantitative estimate of drug-likeness (QED) is 0.345. The van der Waals surface area contributed by atoms with E-state index < -0.39 is 23.2 Å². The van der Waals surface area contributed by atoms with Crippen LogP contribution in [0.4, 0.5) is 13.2 Å². The number of carboxylic acids is 1. The molecule has 0 aliphatic heterocycles. The fourth-order valence-electron chi connectivity index (χ4n) is 6.11. The third-order valence-electron chi connectivity index (χ3n) is 7.62. The number of aliphatic carboxylic acids is 1. The van der Waals surface area contributed by atoms with Crippen molar-refractivity contribution < 1.29 is 27.9 Å². The minimum Gasteiger partial charge on any atom is -0.481 e. The van der Waals surface area contributed by atoms with Gasteiger partial charge in [-0.2, -0.15) is 13.2 Å². The Morgan fingerprint density at radius 2 is 1.66 bits per heavy atom. The highest BCUT2D eigenvalue weighted by Crippen LogP contribution is 2.69. The molecule has 3 saturated carbocycles. The molecule has 3 aliphatic rings. The molecule has 194 valence electrons. The van der Waals surface area contributed by atoms with Gasteiger partial charge in [-0.15, -0.1) is 5.10 Å². The Bertz CT molecular complexity index is 1540. The highest BCUT2D eigenvalue weighted by atomic mass is 19.4. The van der Waals surface area contributed by atoms with Crippen molar-refractivity contribution in [3.05, 3.63) is 83.4 Å². The van der Waals surface area contributed by atoms with E-state index in [1.165, 1.54) is 16.8 Å². The second kappa shape index (κ2) is 8.41. The predicted molar refractivity (Wildman–Crippen MR) is 132 cm³/mol. The van der Waals surface area contributed by atoms with Crippen LogP contribution in [-0.2, 0) is 17.5 Å². The van der Waals surface area contributed by atoms with Crippen LogP contribution in [0.25, 0.3) is 22.2 Å². The summed E-state index contributed by atoms with van der Waals surface area (Å²) >= 11 is 0. The Morgan fingerprint density at radius 1 is 0.974 bits per heavy atom. The molecule has 0 atom stereocenters. The van der Waals surface area contributed by atoms with E-state index in [1.807, 2.05) is 36.4 Å². The molecular formula is C28H23F3N4O3. The van der Waals surface area contributed by atoms with E-state index >= 15 is 0 Å². The van der Waals surface area contributed by atoms with Gasteiger partial charge in [-0.3, -0.25) is 9.59 Å². The fraction of sp³-hybridized carbons (Fsp3) is 0.286. The van der Waals surface area contributed by atoms with Crippen LogP contribution in [0.5, 0.6) is 0 Å². The summed E-state index contributed by atoms with van der Waals surface area (Å²) in [6, 6.07) is 17.9. The molecule has 2 bridgehead atoms. The number of carbonyl (C=O) groups excluding carboxylic acids is 1. The van der Waals surface area contributed by atoms with Gasteiger partial charge in [0.05, 0.1) is 24.1 Å². The minimum atomic E-state index is -4.43. The molecule has 10 heteroatoms. The van der Waals surface area contributed by atoms with Crippen molar-refractivity contribution in [3.63, 3.8) is 0 Å². The molecule has 7 nitrogen and oxygen atoms in total. The SMILES string of the molecule is O=C(O)CC12CC(NC(=O)c3cc(-c4ccccc4)cc4nnn(Cc5ccc(C(F)(F)F)cc5)c34)(C1)C2. The maximum atomic E-state index is 13.6. The lowest BCUT2D eigenvalue weighted by atomic mass is 9.38. The number of alkyl halides is 3. The number of benzene rings is 3. The lowest BCUT2D eigenvalue weighted by Crippen LogP contribution is -2.75. The van der Waals surface area contributed by atoms with Gasteiger partial charge in [0.1, 0.15) is 11.0 Å². The molecule has 0 radical (unpaired) electrons. The van der Waals surface area contributed by atoms with Crippen molar-refractivity contribution in [3.8, 4) is 11.1 Å². The van der Waals surface area contributed by atoms with E-state index in [4.69, 9.17) is 5.11 Å². The molecule has 1 amide bonds. The third kappa shape index (κ3) is 4.19. The zero-order valence-electron chi connectivity index (χ0n) is 20.1. The second-order valence-electron chi connectivity index (χ2n) is 10.5. The van der Waals surface area contributed by atoms with Gasteiger partial charge in [0.15, 0.2) is 0 Å². The summed E-state index contributed by atoms with van der Waals surface area (Å²) in [5.74, 6) is -1.15. The number of carbonyl (C=O) groups is 2. The molecule has 4 aromatic rings. The lowest BCUT2D eigenvalue weighted by Gasteiger charge is -2.70. The van der Waals surface area contributed by atoms with Crippen LogP contribution >= 0.6 is 0 Å². The van der Waals surface area contributed by atoms with Crippen LogP contribution in [-0.4, -0.2) is 37.5 Å². The van der Waals surface area contributed by atoms with Crippen LogP contribution in [0.1, 0.15) is 47.2 Å². The molecule has 7 rings (SSSR count). The van der Waals surface area contributed by atoms with Crippen molar-refractivity contribution >= 4 is 22.9 Å². The normalized spacial score (nSPS) is 22.0. The summed E-state index contributed by atoms with van der Waals surface area (Å²) < 4.78 is 40.5. The number of fused-ring (bicyclic) bond motifs is 1. The Kier molecular flexibility index (Phi) is 5.34. The number of hydrogen-bond donors (Lipinski definition) is 2. The number of amides is 1. The summed E-state index contributed by atoms with van der Waals surface area (Å²) in [5.41, 5.74) is 2.21. The summed E-state index contributed by atoms with van der Waals surface area (Å²) in [5, 5.41) is 20.8. The summed E-state index contributed by atoms with van der Waals surface area (Å²) in [4.78, 5) is 24.8. The monoisotopic (exact) mass is 520 g/mol. The molecule has 0 saturated heterocycles. The first kappa shape index (κ1) is 24.1. The number of rotatable bonds is 7. The van der Waals surface area contributed by atoms with Crippen molar-refractivity contribution in [1.29, 1.82) is 0 Å². The van der Waals surface area contributed by atoms with Gasteiger partial charge >= 0.3 is 12.1 Å². The number of nitrogens with one attached hydrogen (secondary N) is 1. The third-order valence-corrected chi connectivity index (χ3v) is 7.62. The molecular weight excluding hydrogens is 497 g/mol. The predicted octanol–water partition coefficient (Wildman–Crippen LogP) is 5.29. The van der Waals surface area contributed by atoms with Crippen LogP contribution < -0.4 is 5.32 Å². The molecule has 1 heterocycles. The zero-order valence-corrected chi connectivity index (χ0v) is 20.1. The van der Waals surface area contributed by atoms with E-state index in [-0.39, 0.29) is 24.3 Å². The van der Waals surface area contributed by atoms with E-state index in [1.54, 1.807) is 6.07 Å². The van der Waals surface area contributed by atoms with Crippen molar-refractivity contribution in [2.45, 2.75) is 43.9 Å². The number of hydrogen-bond acceptors (Lipinski definition) is 4. The first-order chi connectivity index (χ1) is 18.0. The van der Waals surface area contributed by atoms with Crippen molar-refractivity contribution in [2.75, 3.05) is 0 Å². The number of aromatic nitrogens is 3. The maximum Gasteiger partial charge on any atom is 0.416 e. The molecule has 1 aromatic heterocycles. The number of halogens is 3. The standard InChI is InChI=1S/C28H23F3N4O3/c29-28(30,31)20-8-6-17(7-9-20)13-35-24-21(25(38)32-27-14-26(15-27,16-27)12-23(36)37)10-19(11-22(24)33-34-35)18-4-2-1-3-5-18/h1-11H,12-16H2,(H,32,38)(H,36,37). The molecule has 3 aliphatic carbocycles. The van der Waals surface area contributed by atoms with Gasteiger partial charge in [0.25, 0.3) is 5.91 Å². The van der Waals surface area contributed by atoms with Crippen molar-refractivity contribution in [1.82, 2.24) is 20.3 Å². The van der Waals surface area contributed by atoms with Gasteiger partial charge in [0, 0.05) is 5.54 Å². The van der Waals surface area contributed by atoms with E-state index in [2.05, 4.69) is 15.6 Å². The minimum absolute atomic E-state index is 0.0994. The average molecular weight is 521 g/mol. The van der Waals surface area contributed by atoms with E-state index in [0.717, 1.165) is 23.3 Å². The van der Waals surface area contributed by atoms with E-state index in [9.17, 15) is 22.8 Å². The zero-order chi connectivity index (χ0) is 26.7. The number of nitrogens with zero attached hydrogens (tertiary/aromatic N) is 3. The topological polar surface area (TPSA) is 97.1 Å². The van der Waals surface area contributed by atoms with Gasteiger partial charge in [-0.1, -0.05) is 47.7 Å². The Hall–Kier alpha value is -4.21. The Morgan fingerprint density at radius 3 is 2.29 bits per heavy atom. The largest absolute Gasteiger partial charge is 0.481 e. The van der Waals surface area contributed by atoms with E-state index in [0.29, 0.717) is 41.4 Å². The van der Waals surface area contributed by atoms with Crippen LogP contribution in [0.3, 0.4) is 0 Å². The molecule has 0 unspecified atom stereocenters. The highest BCUT2D eigenvalue weighted by molar-refractivity contribution is 6.07. The maximum absolute atomic E-state index is 13.6. The lowest BCUT2D eigenvalue weighted by molar-refractivity contribution is -0.172. The van der Waals surface area contributed by atoms with Crippen molar-refractivity contribution in [2.24, 2.45) is 5.41 Å². The number of carboxylic acid groups (broad SMARTS) is 1. The highest BCUT2D eigenvalue weighted by Gasteiger charge is 2.68. The fourth-order valence-corrected chi connectivity index (χ4v) is 6.11. The molecule has 0 spiro atoms. The molecule has 3 fully saturated rings.